The highest BCUT2D eigenvalue weighted by Gasteiger charge is 2.18. The summed E-state index contributed by atoms with van der Waals surface area (Å²) < 4.78 is 13.0. The maximum Gasteiger partial charge on any atom is 0.312 e. The molecule has 6 nitrogen and oxygen atoms in total. The van der Waals surface area contributed by atoms with Crippen molar-refractivity contribution in [2.24, 2.45) is 0 Å². The molecule has 7 heteroatoms. The van der Waals surface area contributed by atoms with Crippen LogP contribution in [0.15, 0.2) is 60.0 Å². The van der Waals surface area contributed by atoms with Crippen molar-refractivity contribution in [2.45, 2.75) is 71.1 Å². The molecular weight excluding hydrogens is 542 g/mol. The highest BCUT2D eigenvalue weighted by Crippen LogP contribution is 2.31. The van der Waals surface area contributed by atoms with Gasteiger partial charge in [0.05, 0.1) is 12.1 Å². The summed E-state index contributed by atoms with van der Waals surface area (Å²) in [6, 6.07) is 18.6. The van der Waals surface area contributed by atoms with Gasteiger partial charge in [-0.3, -0.25) is 9.69 Å². The summed E-state index contributed by atoms with van der Waals surface area (Å²) in [5, 5.41) is 4.57. The van der Waals surface area contributed by atoms with Crippen LogP contribution >= 0.6 is 11.3 Å². The zero-order valence-corrected chi connectivity index (χ0v) is 25.9. The Morgan fingerprint density at radius 1 is 0.881 bits per heavy atom. The van der Waals surface area contributed by atoms with Crippen molar-refractivity contribution >= 4 is 44.0 Å². The van der Waals surface area contributed by atoms with E-state index in [2.05, 4.69) is 51.4 Å². The van der Waals surface area contributed by atoms with E-state index in [0.717, 1.165) is 75.1 Å². The molecule has 0 N–H and O–H groups in total. The fourth-order valence-electron chi connectivity index (χ4n) is 5.71. The number of carbonyl (C=O) groups is 1. The second-order valence-corrected chi connectivity index (χ2v) is 12.3. The Bertz CT molecular complexity index is 1410. The Balaban J connectivity index is 0.991. The molecule has 2 aromatic carbocycles. The van der Waals surface area contributed by atoms with E-state index in [1.807, 2.05) is 35.6 Å². The van der Waals surface area contributed by atoms with Crippen molar-refractivity contribution in [2.75, 3.05) is 44.2 Å². The number of fused-ring (bicyclic) bond motifs is 2. The summed E-state index contributed by atoms with van der Waals surface area (Å²) in [7, 11) is 0. The van der Waals surface area contributed by atoms with Gasteiger partial charge in [0.1, 0.15) is 5.75 Å². The summed E-state index contributed by atoms with van der Waals surface area (Å²) >= 11 is 1.82. The predicted molar refractivity (Wildman–Crippen MR) is 175 cm³/mol. The van der Waals surface area contributed by atoms with E-state index in [0.29, 0.717) is 18.9 Å². The first kappa shape index (κ1) is 30.3. The summed E-state index contributed by atoms with van der Waals surface area (Å²) in [5.41, 5.74) is 2.16. The zero-order valence-electron chi connectivity index (χ0n) is 25.1. The average molecular weight is 588 g/mol. The molecule has 1 aliphatic heterocycles. The summed E-state index contributed by atoms with van der Waals surface area (Å²) in [4.78, 5) is 22.0. The number of pyridine rings is 1. The van der Waals surface area contributed by atoms with E-state index in [-0.39, 0.29) is 5.97 Å². The van der Waals surface area contributed by atoms with Gasteiger partial charge in [-0.05, 0) is 67.6 Å². The first-order chi connectivity index (χ1) is 20.7. The monoisotopic (exact) mass is 587 g/mol. The van der Waals surface area contributed by atoms with E-state index in [9.17, 15) is 4.79 Å². The van der Waals surface area contributed by atoms with Crippen molar-refractivity contribution in [3.05, 3.63) is 60.0 Å². The number of ether oxygens (including phenoxy) is 2. The van der Waals surface area contributed by atoms with Crippen molar-refractivity contribution in [1.82, 2.24) is 9.88 Å². The van der Waals surface area contributed by atoms with Crippen LogP contribution in [-0.2, 0) is 4.79 Å². The van der Waals surface area contributed by atoms with Gasteiger partial charge in [0.15, 0.2) is 0 Å². The lowest BCUT2D eigenvalue weighted by molar-refractivity contribution is -0.134. The van der Waals surface area contributed by atoms with Crippen LogP contribution in [0.3, 0.4) is 0 Å². The molecule has 1 fully saturated rings. The van der Waals surface area contributed by atoms with Crippen molar-refractivity contribution in [3.8, 4) is 11.6 Å². The SMILES string of the molecule is CCCCCCCCCC(=O)Oc1ccc2ccc(OCCCCN3CCN(c4cccc5sccc45)CC3)cc2n1. The smallest absolute Gasteiger partial charge is 0.312 e. The van der Waals surface area contributed by atoms with Crippen molar-refractivity contribution in [3.63, 3.8) is 0 Å². The Morgan fingerprint density at radius 3 is 2.55 bits per heavy atom. The molecule has 1 saturated heterocycles. The van der Waals surface area contributed by atoms with Crippen molar-refractivity contribution < 1.29 is 14.3 Å². The standard InChI is InChI=1S/C35H45N3O3S/c1-2-3-4-5-6-7-8-14-35(39)41-34-18-16-28-15-17-29(27-31(28)36-34)40-25-10-9-20-37-21-23-38(24-22-37)32-12-11-13-33-30(32)19-26-42-33/h11-13,15-19,26-27H,2-10,14,20-25H2,1H3. The number of thiophene rings is 1. The van der Waals surface area contributed by atoms with E-state index in [1.165, 1.54) is 47.9 Å². The molecule has 0 spiro atoms. The molecule has 0 bridgehead atoms. The summed E-state index contributed by atoms with van der Waals surface area (Å²) in [5.74, 6) is 0.960. The van der Waals surface area contributed by atoms with Gasteiger partial charge < -0.3 is 14.4 Å². The lowest BCUT2D eigenvalue weighted by Gasteiger charge is -2.36. The van der Waals surface area contributed by atoms with Crippen LogP contribution in [0, 0.1) is 0 Å². The van der Waals surface area contributed by atoms with Crippen LogP contribution in [0.1, 0.15) is 71.1 Å². The van der Waals surface area contributed by atoms with E-state index in [4.69, 9.17) is 9.47 Å². The number of esters is 1. The van der Waals surface area contributed by atoms with Gasteiger partial charge in [-0.15, -0.1) is 11.3 Å². The highest BCUT2D eigenvalue weighted by atomic mass is 32.1. The quantitative estimate of drug-likeness (QED) is 0.0968. The largest absolute Gasteiger partial charge is 0.494 e. The predicted octanol–water partition coefficient (Wildman–Crippen LogP) is 8.48. The molecule has 224 valence electrons. The molecule has 3 heterocycles. The molecule has 0 unspecified atom stereocenters. The molecule has 2 aromatic heterocycles. The number of aromatic nitrogens is 1. The van der Waals surface area contributed by atoms with E-state index < -0.39 is 0 Å². The first-order valence-electron chi connectivity index (χ1n) is 15.9. The lowest BCUT2D eigenvalue weighted by Crippen LogP contribution is -2.46. The van der Waals surface area contributed by atoms with Crippen LogP contribution in [0.2, 0.25) is 0 Å². The van der Waals surface area contributed by atoms with E-state index in [1.54, 1.807) is 6.07 Å². The van der Waals surface area contributed by atoms with Crippen LogP contribution in [0.4, 0.5) is 5.69 Å². The zero-order chi connectivity index (χ0) is 29.0. The third-order valence-electron chi connectivity index (χ3n) is 8.16. The van der Waals surface area contributed by atoms with Gasteiger partial charge in [0, 0.05) is 65.9 Å². The number of anilines is 1. The number of benzene rings is 2. The van der Waals surface area contributed by atoms with Gasteiger partial charge in [-0.2, -0.15) is 0 Å². The molecule has 1 aliphatic rings. The van der Waals surface area contributed by atoms with Crippen LogP contribution in [0.5, 0.6) is 11.6 Å². The number of rotatable bonds is 16. The number of hydrogen-bond acceptors (Lipinski definition) is 7. The molecular formula is C35H45N3O3S. The van der Waals surface area contributed by atoms with E-state index >= 15 is 0 Å². The second kappa shape index (κ2) is 15.9. The van der Waals surface area contributed by atoms with Gasteiger partial charge in [-0.25, -0.2) is 4.98 Å². The molecule has 0 amide bonds. The fraction of sp³-hybridized carbons (Fsp3) is 0.486. The van der Waals surface area contributed by atoms with Gasteiger partial charge in [-0.1, -0.05) is 51.5 Å². The van der Waals surface area contributed by atoms with Crippen LogP contribution in [0.25, 0.3) is 21.0 Å². The topological polar surface area (TPSA) is 54.9 Å². The molecule has 5 rings (SSSR count). The maximum absolute atomic E-state index is 12.3. The molecule has 0 atom stereocenters. The summed E-state index contributed by atoms with van der Waals surface area (Å²) in [6.07, 6.45) is 10.8. The normalized spacial score (nSPS) is 14.1. The third-order valence-corrected chi connectivity index (χ3v) is 9.05. The Labute approximate surface area is 254 Å². The maximum atomic E-state index is 12.3. The number of hydrogen-bond donors (Lipinski definition) is 0. The van der Waals surface area contributed by atoms with Gasteiger partial charge in [0.25, 0.3) is 0 Å². The minimum Gasteiger partial charge on any atom is -0.494 e. The van der Waals surface area contributed by atoms with Crippen LogP contribution < -0.4 is 14.4 Å². The number of unbranched alkanes of at least 4 members (excludes halogenated alkanes) is 7. The first-order valence-corrected chi connectivity index (χ1v) is 16.8. The Morgan fingerprint density at radius 2 is 1.69 bits per heavy atom. The molecule has 4 aromatic rings. The lowest BCUT2D eigenvalue weighted by atomic mass is 10.1. The highest BCUT2D eigenvalue weighted by molar-refractivity contribution is 7.17. The average Bonchev–Trinajstić information content (AvgIpc) is 3.50. The van der Waals surface area contributed by atoms with Gasteiger partial charge in [0.2, 0.25) is 5.88 Å². The third kappa shape index (κ3) is 8.68. The molecule has 42 heavy (non-hydrogen) atoms. The number of piperazine rings is 1. The van der Waals surface area contributed by atoms with Gasteiger partial charge >= 0.3 is 5.97 Å². The Hall–Kier alpha value is -3.16. The summed E-state index contributed by atoms with van der Waals surface area (Å²) in [6.45, 7) is 8.36. The minimum atomic E-state index is -0.205. The molecule has 0 radical (unpaired) electrons. The molecule has 0 aliphatic carbocycles. The number of carbonyl (C=O) groups excluding carboxylic acids is 1. The van der Waals surface area contributed by atoms with Crippen LogP contribution in [-0.4, -0.2) is 55.2 Å². The molecule has 0 saturated carbocycles. The number of nitrogens with zero attached hydrogens (tertiary/aromatic N) is 3. The fourth-order valence-corrected chi connectivity index (χ4v) is 6.52. The minimum absolute atomic E-state index is 0.205. The Kier molecular flexibility index (Phi) is 11.5. The second-order valence-electron chi connectivity index (χ2n) is 11.3. The van der Waals surface area contributed by atoms with Crippen molar-refractivity contribution in [1.29, 1.82) is 0 Å².